The van der Waals surface area contributed by atoms with Crippen molar-refractivity contribution in [2.45, 2.75) is 37.5 Å². The third-order valence-corrected chi connectivity index (χ3v) is 8.83. The molecule has 2 aliphatic heterocycles. The molecule has 0 saturated carbocycles. The Morgan fingerprint density at radius 3 is 2.50 bits per heavy atom. The van der Waals surface area contributed by atoms with Crippen molar-refractivity contribution >= 4 is 44.8 Å². The van der Waals surface area contributed by atoms with Gasteiger partial charge in [0.1, 0.15) is 11.5 Å². The summed E-state index contributed by atoms with van der Waals surface area (Å²) in [6, 6.07) is 8.04. The van der Waals surface area contributed by atoms with Gasteiger partial charge in [-0.2, -0.15) is 4.31 Å². The highest BCUT2D eigenvalue weighted by Gasteiger charge is 2.34. The number of sulfonamides is 1. The van der Waals surface area contributed by atoms with Gasteiger partial charge in [0.05, 0.1) is 35.7 Å². The van der Waals surface area contributed by atoms with Crippen LogP contribution < -0.4 is 19.7 Å². The second-order valence-corrected chi connectivity index (χ2v) is 11.3. The first-order chi connectivity index (χ1) is 17.1. The van der Waals surface area contributed by atoms with E-state index in [0.717, 1.165) is 17.7 Å². The maximum Gasteiger partial charge on any atom is 0.243 e. The van der Waals surface area contributed by atoms with Crippen molar-refractivity contribution in [3.63, 3.8) is 0 Å². The van der Waals surface area contributed by atoms with Crippen LogP contribution in [0.2, 0.25) is 5.02 Å². The molecule has 1 fully saturated rings. The first kappa shape index (κ1) is 26.2. The van der Waals surface area contributed by atoms with Gasteiger partial charge in [0.25, 0.3) is 0 Å². The molecule has 2 amide bonds. The van der Waals surface area contributed by atoms with Crippen molar-refractivity contribution in [2.24, 2.45) is 5.92 Å². The average Bonchev–Trinajstić information content (AvgIpc) is 2.88. The van der Waals surface area contributed by atoms with Crippen molar-refractivity contribution < 1.29 is 27.5 Å². The van der Waals surface area contributed by atoms with E-state index in [1.54, 1.807) is 35.2 Å². The summed E-state index contributed by atoms with van der Waals surface area (Å²) in [4.78, 5) is 26.9. The SMILES string of the molecule is COc1cc(OC)c(NC(=O)[C@H]2CCCN(S(=O)(=O)c3ccc4c(c3)CCCN4C(C)=O)C2)cc1Cl. The predicted octanol–water partition coefficient (Wildman–Crippen LogP) is 3.70. The van der Waals surface area contributed by atoms with E-state index in [9.17, 15) is 18.0 Å². The van der Waals surface area contributed by atoms with Crippen molar-refractivity contribution in [2.75, 3.05) is 44.1 Å². The smallest absolute Gasteiger partial charge is 0.243 e. The maximum absolute atomic E-state index is 13.5. The number of nitrogens with one attached hydrogen (secondary N) is 1. The fourth-order valence-corrected chi connectivity index (χ4v) is 6.59. The fraction of sp³-hybridized carbons (Fsp3) is 0.440. The summed E-state index contributed by atoms with van der Waals surface area (Å²) in [6.07, 6.45) is 2.60. The molecule has 36 heavy (non-hydrogen) atoms. The van der Waals surface area contributed by atoms with E-state index < -0.39 is 15.9 Å². The van der Waals surface area contributed by atoms with E-state index in [4.69, 9.17) is 21.1 Å². The van der Waals surface area contributed by atoms with Crippen LogP contribution in [0, 0.1) is 5.92 Å². The summed E-state index contributed by atoms with van der Waals surface area (Å²) in [7, 11) is -0.856. The quantitative estimate of drug-likeness (QED) is 0.604. The molecule has 4 rings (SSSR count). The number of benzene rings is 2. The number of hydrogen-bond acceptors (Lipinski definition) is 6. The van der Waals surface area contributed by atoms with E-state index in [1.807, 2.05) is 0 Å². The topological polar surface area (TPSA) is 105 Å². The van der Waals surface area contributed by atoms with Gasteiger partial charge in [-0.1, -0.05) is 11.6 Å². The van der Waals surface area contributed by atoms with Gasteiger partial charge in [0.2, 0.25) is 21.8 Å². The van der Waals surface area contributed by atoms with Gasteiger partial charge >= 0.3 is 0 Å². The summed E-state index contributed by atoms with van der Waals surface area (Å²) in [5, 5.41) is 3.15. The van der Waals surface area contributed by atoms with Gasteiger partial charge in [-0.25, -0.2) is 8.42 Å². The second-order valence-electron chi connectivity index (χ2n) is 8.94. The predicted molar refractivity (Wildman–Crippen MR) is 137 cm³/mol. The van der Waals surface area contributed by atoms with E-state index in [0.29, 0.717) is 54.6 Å². The molecule has 0 bridgehead atoms. The summed E-state index contributed by atoms with van der Waals surface area (Å²) in [6.45, 7) is 2.53. The number of amides is 2. The van der Waals surface area contributed by atoms with Gasteiger partial charge in [0.15, 0.2) is 0 Å². The maximum atomic E-state index is 13.5. The standard InChI is InChI=1S/C25H30ClN3O6S/c1-16(30)29-11-5-6-17-12-19(8-9-22(17)29)36(32,33)28-10-4-7-18(15-28)25(31)27-21-13-20(26)23(34-2)14-24(21)35-3/h8-9,12-14,18H,4-7,10-11,15H2,1-3H3,(H,27,31)/t18-/m0/s1. The molecule has 0 aliphatic carbocycles. The number of hydrogen-bond donors (Lipinski definition) is 1. The lowest BCUT2D eigenvalue weighted by molar-refractivity contribution is -0.121. The molecule has 0 spiro atoms. The molecule has 1 saturated heterocycles. The van der Waals surface area contributed by atoms with Crippen LogP contribution in [0.5, 0.6) is 11.5 Å². The van der Waals surface area contributed by atoms with Crippen molar-refractivity contribution in [1.82, 2.24) is 4.31 Å². The molecule has 2 aromatic carbocycles. The van der Waals surface area contributed by atoms with E-state index in [1.165, 1.54) is 25.4 Å². The minimum atomic E-state index is -3.81. The molecule has 0 aromatic heterocycles. The van der Waals surface area contributed by atoms with Gasteiger partial charge in [-0.15, -0.1) is 0 Å². The number of nitrogens with zero attached hydrogens (tertiary/aromatic N) is 2. The van der Waals surface area contributed by atoms with Crippen molar-refractivity contribution in [1.29, 1.82) is 0 Å². The summed E-state index contributed by atoms with van der Waals surface area (Å²) in [5.41, 5.74) is 1.99. The molecular weight excluding hydrogens is 506 g/mol. The number of ether oxygens (including phenoxy) is 2. The summed E-state index contributed by atoms with van der Waals surface area (Å²) >= 11 is 6.21. The zero-order valence-electron chi connectivity index (χ0n) is 20.5. The molecule has 0 radical (unpaired) electrons. The second kappa shape index (κ2) is 10.7. The van der Waals surface area contributed by atoms with Gasteiger partial charge in [-0.05, 0) is 55.5 Å². The Kier molecular flexibility index (Phi) is 7.77. The molecule has 9 nitrogen and oxygen atoms in total. The van der Waals surface area contributed by atoms with Crippen LogP contribution in [0.15, 0.2) is 35.2 Å². The van der Waals surface area contributed by atoms with Crippen LogP contribution in [0.25, 0.3) is 0 Å². The minimum absolute atomic E-state index is 0.0637. The van der Waals surface area contributed by atoms with Crippen LogP contribution in [0.4, 0.5) is 11.4 Å². The van der Waals surface area contributed by atoms with Crippen LogP contribution in [-0.4, -0.2) is 58.4 Å². The first-order valence-corrected chi connectivity index (χ1v) is 13.6. The Labute approximate surface area is 216 Å². The summed E-state index contributed by atoms with van der Waals surface area (Å²) in [5.74, 6) is -0.107. The lowest BCUT2D eigenvalue weighted by Gasteiger charge is -2.32. The highest BCUT2D eigenvalue weighted by atomic mass is 35.5. The van der Waals surface area contributed by atoms with Crippen LogP contribution >= 0.6 is 11.6 Å². The first-order valence-electron chi connectivity index (χ1n) is 11.8. The number of methoxy groups -OCH3 is 2. The molecular formula is C25H30ClN3O6S. The number of halogens is 1. The molecule has 2 aromatic rings. The Balaban J connectivity index is 1.52. The third-order valence-electron chi connectivity index (χ3n) is 6.67. The average molecular weight is 536 g/mol. The van der Waals surface area contributed by atoms with Gasteiger partial charge in [-0.3, -0.25) is 9.59 Å². The number of anilines is 2. The fourth-order valence-electron chi connectivity index (χ4n) is 4.78. The highest BCUT2D eigenvalue weighted by molar-refractivity contribution is 7.89. The monoisotopic (exact) mass is 535 g/mol. The molecule has 2 aliphatic rings. The van der Waals surface area contributed by atoms with Crippen LogP contribution in [0.3, 0.4) is 0 Å². The van der Waals surface area contributed by atoms with Crippen molar-refractivity contribution in [3.05, 3.63) is 40.9 Å². The largest absolute Gasteiger partial charge is 0.495 e. The number of carbonyl (C=O) groups excluding carboxylic acids is 2. The normalized spacial score (nSPS) is 18.3. The molecule has 2 heterocycles. The van der Waals surface area contributed by atoms with Gasteiger partial charge < -0.3 is 19.7 Å². The Hall–Kier alpha value is -2.82. The summed E-state index contributed by atoms with van der Waals surface area (Å²) < 4.78 is 38.9. The third kappa shape index (κ3) is 5.16. The minimum Gasteiger partial charge on any atom is -0.495 e. The number of rotatable bonds is 6. The Bertz CT molecular complexity index is 1280. The van der Waals surface area contributed by atoms with Crippen LogP contribution in [0.1, 0.15) is 31.7 Å². The molecule has 194 valence electrons. The number of piperidine rings is 1. The van der Waals surface area contributed by atoms with E-state index >= 15 is 0 Å². The molecule has 0 unspecified atom stereocenters. The Morgan fingerprint density at radius 2 is 1.81 bits per heavy atom. The number of aryl methyl sites for hydroxylation is 1. The molecule has 1 atom stereocenters. The zero-order chi connectivity index (χ0) is 26.0. The lowest BCUT2D eigenvalue weighted by atomic mass is 9.98. The molecule has 1 N–H and O–H groups in total. The highest BCUT2D eigenvalue weighted by Crippen LogP contribution is 2.37. The Morgan fingerprint density at radius 1 is 1.06 bits per heavy atom. The molecule has 11 heteroatoms. The van der Waals surface area contributed by atoms with Crippen LogP contribution in [-0.2, 0) is 26.0 Å². The van der Waals surface area contributed by atoms with Crippen molar-refractivity contribution in [3.8, 4) is 11.5 Å². The van der Waals surface area contributed by atoms with E-state index in [-0.39, 0.29) is 23.3 Å². The number of fused-ring (bicyclic) bond motifs is 1. The lowest BCUT2D eigenvalue weighted by Crippen LogP contribution is -2.43. The van der Waals surface area contributed by atoms with Gasteiger partial charge in [0, 0.05) is 38.3 Å². The number of carbonyl (C=O) groups is 2. The van der Waals surface area contributed by atoms with E-state index in [2.05, 4.69) is 5.32 Å². The zero-order valence-corrected chi connectivity index (χ0v) is 22.1.